The highest BCUT2D eigenvalue weighted by Gasteiger charge is 2.06. The van der Waals surface area contributed by atoms with E-state index in [1.807, 2.05) is 0 Å². The highest BCUT2D eigenvalue weighted by atomic mass is 32.1. The van der Waals surface area contributed by atoms with Crippen molar-refractivity contribution in [3.63, 3.8) is 0 Å². The Morgan fingerprint density at radius 1 is 1.23 bits per heavy atom. The van der Waals surface area contributed by atoms with Crippen LogP contribution in [0.3, 0.4) is 0 Å². The number of hydrogen-bond donors (Lipinski definition) is 2. The second kappa shape index (κ2) is 4.04. The van der Waals surface area contributed by atoms with Gasteiger partial charge in [0, 0.05) is 4.88 Å². The Kier molecular flexibility index (Phi) is 3.02. The van der Waals surface area contributed by atoms with Crippen LogP contribution in [0.15, 0.2) is 11.4 Å². The van der Waals surface area contributed by atoms with Crippen molar-refractivity contribution in [2.45, 2.75) is 12.8 Å². The van der Waals surface area contributed by atoms with Gasteiger partial charge in [-0.05, 0) is 17.0 Å². The fraction of sp³-hybridized carbons (Fsp3) is 0.250. The molecule has 2 N–H and O–H groups in total. The molecule has 0 aromatic carbocycles. The van der Waals surface area contributed by atoms with E-state index in [2.05, 4.69) is 0 Å². The maximum Gasteiger partial charge on any atom is 0.308 e. The van der Waals surface area contributed by atoms with Crippen molar-refractivity contribution in [1.82, 2.24) is 0 Å². The summed E-state index contributed by atoms with van der Waals surface area (Å²) in [5, 5.41) is 18.6. The molecule has 70 valence electrons. The van der Waals surface area contributed by atoms with Crippen LogP contribution < -0.4 is 0 Å². The lowest BCUT2D eigenvalue weighted by atomic mass is 10.2. The summed E-state index contributed by atoms with van der Waals surface area (Å²) in [5.74, 6) is -1.80. The predicted octanol–water partition coefficient (Wildman–Crippen LogP) is 1.00. The summed E-state index contributed by atoms with van der Waals surface area (Å²) >= 11 is 1.28. The van der Waals surface area contributed by atoms with Gasteiger partial charge in [0.25, 0.3) is 0 Å². The molecule has 0 unspecified atom stereocenters. The third-order valence-electron chi connectivity index (χ3n) is 1.39. The van der Waals surface area contributed by atoms with Gasteiger partial charge in [0.15, 0.2) is 0 Å². The molecular formula is C8H8O4S. The summed E-state index contributed by atoms with van der Waals surface area (Å²) < 4.78 is 0. The normalized spacial score (nSPS) is 9.85. The van der Waals surface area contributed by atoms with E-state index < -0.39 is 11.9 Å². The molecule has 5 heteroatoms. The van der Waals surface area contributed by atoms with Gasteiger partial charge in [0.2, 0.25) is 0 Å². The first kappa shape index (κ1) is 9.73. The lowest BCUT2D eigenvalue weighted by molar-refractivity contribution is -0.137. The van der Waals surface area contributed by atoms with Crippen LogP contribution in [0.4, 0.5) is 0 Å². The first-order valence-corrected chi connectivity index (χ1v) is 4.46. The van der Waals surface area contributed by atoms with Crippen molar-refractivity contribution >= 4 is 23.3 Å². The zero-order valence-electron chi connectivity index (χ0n) is 6.69. The number of hydrogen-bond acceptors (Lipinski definition) is 3. The van der Waals surface area contributed by atoms with Gasteiger partial charge in [0.05, 0.1) is 12.8 Å². The molecule has 13 heavy (non-hydrogen) atoms. The number of rotatable bonds is 4. The largest absolute Gasteiger partial charge is 0.481 e. The number of carboxylic acids is 2. The van der Waals surface area contributed by atoms with E-state index in [0.717, 1.165) is 0 Å². The number of aliphatic carboxylic acids is 2. The maximum absolute atomic E-state index is 10.3. The molecule has 1 heterocycles. The molecule has 0 saturated carbocycles. The molecule has 0 aliphatic heterocycles. The van der Waals surface area contributed by atoms with E-state index in [0.29, 0.717) is 10.4 Å². The summed E-state index contributed by atoms with van der Waals surface area (Å²) in [7, 11) is 0. The number of thiophene rings is 1. The zero-order valence-corrected chi connectivity index (χ0v) is 7.50. The monoisotopic (exact) mass is 200 g/mol. The van der Waals surface area contributed by atoms with Gasteiger partial charge >= 0.3 is 11.9 Å². The molecule has 0 bridgehead atoms. The first-order chi connectivity index (χ1) is 6.08. The summed E-state index contributed by atoms with van der Waals surface area (Å²) in [4.78, 5) is 21.3. The van der Waals surface area contributed by atoms with Gasteiger partial charge in [-0.1, -0.05) is 0 Å². The second-order valence-electron chi connectivity index (χ2n) is 2.56. The summed E-state index contributed by atoms with van der Waals surface area (Å²) in [5.41, 5.74) is 0.661. The Morgan fingerprint density at radius 3 is 2.38 bits per heavy atom. The van der Waals surface area contributed by atoms with Gasteiger partial charge in [0.1, 0.15) is 0 Å². The molecule has 0 aliphatic rings. The molecule has 0 fully saturated rings. The quantitative estimate of drug-likeness (QED) is 0.760. The van der Waals surface area contributed by atoms with Gasteiger partial charge in [-0.15, -0.1) is 11.3 Å². The smallest absolute Gasteiger partial charge is 0.308 e. The molecule has 1 aromatic rings. The molecule has 1 rings (SSSR count). The van der Waals surface area contributed by atoms with Crippen LogP contribution in [0.1, 0.15) is 10.4 Å². The lowest BCUT2D eigenvalue weighted by Gasteiger charge is -1.88. The van der Waals surface area contributed by atoms with E-state index >= 15 is 0 Å². The molecule has 0 atom stereocenters. The molecule has 4 nitrogen and oxygen atoms in total. The van der Waals surface area contributed by atoms with Crippen molar-refractivity contribution in [1.29, 1.82) is 0 Å². The van der Waals surface area contributed by atoms with Crippen LogP contribution in [-0.2, 0) is 22.4 Å². The summed E-state index contributed by atoms with van der Waals surface area (Å²) in [6, 6.07) is 1.62. The van der Waals surface area contributed by atoms with Gasteiger partial charge in [-0.3, -0.25) is 9.59 Å². The highest BCUT2D eigenvalue weighted by molar-refractivity contribution is 7.10. The minimum absolute atomic E-state index is 0.0374. The Balaban J connectivity index is 2.63. The van der Waals surface area contributed by atoms with Crippen LogP contribution in [-0.4, -0.2) is 22.2 Å². The van der Waals surface area contributed by atoms with E-state index in [-0.39, 0.29) is 12.8 Å². The minimum atomic E-state index is -0.903. The zero-order chi connectivity index (χ0) is 9.84. The van der Waals surface area contributed by atoms with Crippen LogP contribution in [0, 0.1) is 0 Å². The minimum Gasteiger partial charge on any atom is -0.481 e. The SMILES string of the molecule is O=C(O)Cc1csc(CC(=O)O)c1. The average Bonchev–Trinajstić information content (AvgIpc) is 2.33. The van der Waals surface area contributed by atoms with Crippen molar-refractivity contribution < 1.29 is 19.8 Å². The molecule has 0 radical (unpaired) electrons. The number of carboxylic acid groups (broad SMARTS) is 2. The molecule has 0 spiro atoms. The Labute approximate surface area is 78.4 Å². The van der Waals surface area contributed by atoms with Crippen molar-refractivity contribution in [2.24, 2.45) is 0 Å². The van der Waals surface area contributed by atoms with E-state index in [1.165, 1.54) is 11.3 Å². The highest BCUT2D eigenvalue weighted by Crippen LogP contribution is 2.15. The Hall–Kier alpha value is -1.36. The predicted molar refractivity (Wildman–Crippen MR) is 47.0 cm³/mol. The van der Waals surface area contributed by atoms with Crippen LogP contribution in [0.2, 0.25) is 0 Å². The van der Waals surface area contributed by atoms with Gasteiger partial charge in [-0.2, -0.15) is 0 Å². The van der Waals surface area contributed by atoms with Gasteiger partial charge in [-0.25, -0.2) is 0 Å². The van der Waals surface area contributed by atoms with E-state index in [1.54, 1.807) is 11.4 Å². The number of carbonyl (C=O) groups is 2. The van der Waals surface area contributed by atoms with Crippen molar-refractivity contribution in [3.8, 4) is 0 Å². The van der Waals surface area contributed by atoms with Crippen LogP contribution >= 0.6 is 11.3 Å². The summed E-state index contributed by atoms with van der Waals surface area (Å²) in [6.45, 7) is 0. The lowest BCUT2D eigenvalue weighted by Crippen LogP contribution is -1.99. The van der Waals surface area contributed by atoms with Crippen LogP contribution in [0.25, 0.3) is 0 Å². The first-order valence-electron chi connectivity index (χ1n) is 3.58. The molecule has 0 aliphatic carbocycles. The average molecular weight is 200 g/mol. The third-order valence-corrected chi connectivity index (χ3v) is 2.37. The fourth-order valence-electron chi connectivity index (χ4n) is 0.935. The van der Waals surface area contributed by atoms with Gasteiger partial charge < -0.3 is 10.2 Å². The van der Waals surface area contributed by atoms with Crippen molar-refractivity contribution in [2.75, 3.05) is 0 Å². The molecule has 1 aromatic heterocycles. The second-order valence-corrected chi connectivity index (χ2v) is 3.56. The fourth-order valence-corrected chi connectivity index (χ4v) is 1.82. The Bertz CT molecular complexity index is 298. The standard InChI is InChI=1S/C8H8O4S/c9-7(10)2-5-1-6(13-4-5)3-8(11)12/h1,4H,2-3H2,(H,9,10)(H,11,12). The molecule has 0 saturated heterocycles. The van der Waals surface area contributed by atoms with Crippen molar-refractivity contribution in [3.05, 3.63) is 21.9 Å². The van der Waals surface area contributed by atoms with E-state index in [9.17, 15) is 9.59 Å². The molecular weight excluding hydrogens is 192 g/mol. The Morgan fingerprint density at radius 2 is 1.85 bits per heavy atom. The maximum atomic E-state index is 10.3. The van der Waals surface area contributed by atoms with Crippen LogP contribution in [0.5, 0.6) is 0 Å². The summed E-state index contributed by atoms with van der Waals surface area (Å²) in [6.07, 6.45) is -0.0829. The topological polar surface area (TPSA) is 74.6 Å². The van der Waals surface area contributed by atoms with E-state index in [4.69, 9.17) is 10.2 Å². The third kappa shape index (κ3) is 3.25. The molecule has 0 amide bonds.